The van der Waals surface area contributed by atoms with Crippen LogP contribution in [0.5, 0.6) is 0 Å². The molecule has 0 aliphatic carbocycles. The maximum atomic E-state index is 12.3. The summed E-state index contributed by atoms with van der Waals surface area (Å²) < 4.78 is 5.52. The molecule has 0 aliphatic heterocycles. The highest BCUT2D eigenvalue weighted by molar-refractivity contribution is 5.99. The molecule has 2 rings (SSSR count). The maximum Gasteiger partial charge on any atom is 0.326 e. The Kier molecular flexibility index (Phi) is 5.46. The topological polar surface area (TPSA) is 101 Å². The summed E-state index contributed by atoms with van der Waals surface area (Å²) in [6, 6.07) is 3.84. The molecule has 24 heavy (non-hydrogen) atoms. The van der Waals surface area contributed by atoms with Gasteiger partial charge >= 0.3 is 5.97 Å². The van der Waals surface area contributed by atoms with E-state index in [0.717, 1.165) is 0 Å². The summed E-state index contributed by atoms with van der Waals surface area (Å²) in [6.07, 6.45) is 3.29. The third-order valence-corrected chi connectivity index (χ3v) is 3.28. The molecule has 7 heteroatoms. The van der Waals surface area contributed by atoms with Gasteiger partial charge in [-0.25, -0.2) is 4.79 Å². The van der Waals surface area contributed by atoms with Crippen LogP contribution in [0.15, 0.2) is 30.6 Å². The molecule has 0 radical (unpaired) electrons. The molecule has 2 N–H and O–H groups in total. The Bertz CT molecular complexity index is 740. The summed E-state index contributed by atoms with van der Waals surface area (Å²) in [4.78, 5) is 31.9. The van der Waals surface area contributed by atoms with Crippen molar-refractivity contribution in [3.8, 4) is 0 Å². The molecule has 0 spiro atoms. The van der Waals surface area contributed by atoms with Crippen molar-refractivity contribution < 1.29 is 19.4 Å². The number of nitrogens with zero attached hydrogens (tertiary/aromatic N) is 2. The second-order valence-electron chi connectivity index (χ2n) is 6.37. The Morgan fingerprint density at radius 1 is 1.21 bits per heavy atom. The Hall–Kier alpha value is -2.54. The average molecular weight is 331 g/mol. The van der Waals surface area contributed by atoms with Crippen molar-refractivity contribution in [2.75, 3.05) is 6.61 Å². The van der Waals surface area contributed by atoms with Crippen molar-refractivity contribution in [3.63, 3.8) is 0 Å². The first-order valence-corrected chi connectivity index (χ1v) is 7.65. The van der Waals surface area contributed by atoms with E-state index in [0.29, 0.717) is 16.6 Å². The number of aliphatic carboxylic acids is 1. The zero-order chi connectivity index (χ0) is 17.7. The van der Waals surface area contributed by atoms with Gasteiger partial charge in [-0.2, -0.15) is 0 Å². The predicted molar refractivity (Wildman–Crippen MR) is 88.8 cm³/mol. The average Bonchev–Trinajstić information content (AvgIpc) is 2.52. The van der Waals surface area contributed by atoms with Crippen molar-refractivity contribution >= 4 is 22.9 Å². The lowest BCUT2D eigenvalue weighted by Gasteiger charge is -2.21. The minimum Gasteiger partial charge on any atom is -0.480 e. The molecule has 0 bridgehead atoms. The zero-order valence-corrected chi connectivity index (χ0v) is 13.9. The molecule has 1 aromatic heterocycles. The molecular formula is C17H21N3O4. The quantitative estimate of drug-likeness (QED) is 0.840. The Morgan fingerprint density at radius 2 is 1.88 bits per heavy atom. The van der Waals surface area contributed by atoms with Gasteiger partial charge in [0.25, 0.3) is 5.91 Å². The summed E-state index contributed by atoms with van der Waals surface area (Å²) in [5.74, 6) is -1.56. The smallest absolute Gasteiger partial charge is 0.326 e. The number of carbonyl (C=O) groups excluding carboxylic acids is 1. The van der Waals surface area contributed by atoms with Gasteiger partial charge in [0.05, 0.1) is 16.6 Å². The number of hydrogen-bond donors (Lipinski definition) is 2. The molecular weight excluding hydrogens is 310 g/mol. The Morgan fingerprint density at radius 3 is 2.50 bits per heavy atom. The van der Waals surface area contributed by atoms with Gasteiger partial charge in [-0.15, -0.1) is 0 Å². The van der Waals surface area contributed by atoms with Crippen LogP contribution < -0.4 is 5.32 Å². The van der Waals surface area contributed by atoms with Crippen LogP contribution >= 0.6 is 0 Å². The van der Waals surface area contributed by atoms with Gasteiger partial charge < -0.3 is 15.2 Å². The summed E-state index contributed by atoms with van der Waals surface area (Å²) in [7, 11) is 0. The van der Waals surface area contributed by atoms with Crippen molar-refractivity contribution in [3.05, 3.63) is 36.2 Å². The molecule has 7 nitrogen and oxygen atoms in total. The van der Waals surface area contributed by atoms with Crippen LogP contribution in [0.2, 0.25) is 0 Å². The second kappa shape index (κ2) is 7.35. The third kappa shape index (κ3) is 4.99. The number of fused-ring (bicyclic) bond motifs is 1. The molecule has 1 unspecified atom stereocenters. The van der Waals surface area contributed by atoms with Crippen molar-refractivity contribution in [2.24, 2.45) is 0 Å². The fourth-order valence-corrected chi connectivity index (χ4v) is 2.09. The maximum absolute atomic E-state index is 12.3. The summed E-state index contributed by atoms with van der Waals surface area (Å²) in [5.41, 5.74) is 1.23. The molecule has 0 saturated heterocycles. The number of carboxylic acids is 1. The van der Waals surface area contributed by atoms with Crippen LogP contribution in [0.3, 0.4) is 0 Å². The van der Waals surface area contributed by atoms with E-state index in [-0.39, 0.29) is 18.6 Å². The second-order valence-corrected chi connectivity index (χ2v) is 6.37. The fourth-order valence-electron chi connectivity index (χ4n) is 2.09. The van der Waals surface area contributed by atoms with Crippen LogP contribution in [-0.2, 0) is 9.53 Å². The molecule has 2 aromatic rings. The highest BCUT2D eigenvalue weighted by Crippen LogP contribution is 2.12. The molecule has 1 amide bonds. The van der Waals surface area contributed by atoms with E-state index in [1.807, 2.05) is 20.8 Å². The SMILES string of the molecule is CC(C)(C)OCCC(NC(=O)c1ccc2nccnc2c1)C(=O)O. The van der Waals surface area contributed by atoms with Crippen LogP contribution in [-0.4, -0.2) is 45.2 Å². The molecule has 0 aliphatic rings. The number of hydrogen-bond acceptors (Lipinski definition) is 5. The van der Waals surface area contributed by atoms with Crippen molar-refractivity contribution in [1.29, 1.82) is 0 Å². The molecule has 0 saturated carbocycles. The predicted octanol–water partition coefficient (Wildman–Crippen LogP) is 2.02. The normalized spacial score (nSPS) is 12.8. The number of nitrogens with one attached hydrogen (secondary N) is 1. The van der Waals surface area contributed by atoms with Crippen LogP contribution in [0, 0.1) is 0 Å². The van der Waals surface area contributed by atoms with Crippen LogP contribution in [0.4, 0.5) is 0 Å². The number of carboxylic acid groups (broad SMARTS) is 1. The zero-order valence-electron chi connectivity index (χ0n) is 13.9. The number of aromatic nitrogens is 2. The first kappa shape index (κ1) is 17.8. The number of rotatable bonds is 6. The molecule has 1 atom stereocenters. The van der Waals surface area contributed by atoms with E-state index >= 15 is 0 Å². The minimum absolute atomic E-state index is 0.186. The van der Waals surface area contributed by atoms with E-state index in [1.54, 1.807) is 24.4 Å². The van der Waals surface area contributed by atoms with Gasteiger partial charge in [0.15, 0.2) is 0 Å². The summed E-state index contributed by atoms with van der Waals surface area (Å²) in [5, 5.41) is 11.8. The van der Waals surface area contributed by atoms with E-state index in [9.17, 15) is 14.7 Å². The first-order valence-electron chi connectivity index (χ1n) is 7.65. The highest BCUT2D eigenvalue weighted by atomic mass is 16.5. The van der Waals surface area contributed by atoms with Gasteiger partial charge in [-0.3, -0.25) is 14.8 Å². The lowest BCUT2D eigenvalue weighted by atomic mass is 10.1. The van der Waals surface area contributed by atoms with Gasteiger partial charge in [0.2, 0.25) is 0 Å². The molecule has 1 aromatic carbocycles. The molecule has 1 heterocycles. The van der Waals surface area contributed by atoms with Crippen LogP contribution in [0.25, 0.3) is 11.0 Å². The Balaban J connectivity index is 2.04. The lowest BCUT2D eigenvalue weighted by Crippen LogP contribution is -2.42. The number of ether oxygens (including phenoxy) is 1. The monoisotopic (exact) mass is 331 g/mol. The third-order valence-electron chi connectivity index (χ3n) is 3.28. The summed E-state index contributed by atoms with van der Waals surface area (Å²) in [6.45, 7) is 5.90. The van der Waals surface area contributed by atoms with Gasteiger partial charge in [-0.1, -0.05) is 0 Å². The highest BCUT2D eigenvalue weighted by Gasteiger charge is 2.22. The van der Waals surface area contributed by atoms with Gasteiger partial charge in [-0.05, 0) is 39.0 Å². The van der Waals surface area contributed by atoms with E-state index in [2.05, 4.69) is 15.3 Å². The van der Waals surface area contributed by atoms with E-state index in [1.165, 1.54) is 6.20 Å². The number of carbonyl (C=O) groups is 2. The lowest BCUT2D eigenvalue weighted by molar-refractivity contribution is -0.140. The molecule has 0 fully saturated rings. The minimum atomic E-state index is -1.10. The van der Waals surface area contributed by atoms with E-state index in [4.69, 9.17) is 4.74 Å². The van der Waals surface area contributed by atoms with E-state index < -0.39 is 17.9 Å². The standard InChI is InChI=1S/C17H21N3O4/c1-17(2,3)24-9-6-13(16(22)23)20-15(21)11-4-5-12-14(10-11)19-8-7-18-12/h4-5,7-8,10,13H,6,9H2,1-3H3,(H,20,21)(H,22,23). The van der Waals surface area contributed by atoms with Gasteiger partial charge in [0, 0.05) is 31.0 Å². The van der Waals surface area contributed by atoms with Crippen molar-refractivity contribution in [2.45, 2.75) is 38.8 Å². The Labute approximate surface area is 140 Å². The molecule has 128 valence electrons. The first-order chi connectivity index (χ1) is 11.3. The summed E-state index contributed by atoms with van der Waals surface area (Å²) >= 11 is 0. The van der Waals surface area contributed by atoms with Crippen molar-refractivity contribution in [1.82, 2.24) is 15.3 Å². The fraction of sp³-hybridized carbons (Fsp3) is 0.412. The van der Waals surface area contributed by atoms with Crippen LogP contribution in [0.1, 0.15) is 37.6 Å². The number of benzene rings is 1. The van der Waals surface area contributed by atoms with Gasteiger partial charge in [0.1, 0.15) is 6.04 Å². The largest absolute Gasteiger partial charge is 0.480 e. The number of amides is 1.